The first-order chi connectivity index (χ1) is 9.94. The Bertz CT molecular complexity index is 357. The molecule has 0 aromatic rings. The van der Waals surface area contributed by atoms with Crippen LogP contribution in [0.15, 0.2) is 0 Å². The van der Waals surface area contributed by atoms with Crippen LogP contribution in [0, 0.1) is 5.92 Å². The van der Waals surface area contributed by atoms with Crippen molar-refractivity contribution >= 4 is 23.8 Å². The molecule has 0 aliphatic heterocycles. The van der Waals surface area contributed by atoms with E-state index in [2.05, 4.69) is 16.9 Å². The van der Waals surface area contributed by atoms with Gasteiger partial charge in [0, 0.05) is 11.3 Å². The highest BCUT2D eigenvalue weighted by molar-refractivity contribution is 8.00. The van der Waals surface area contributed by atoms with Crippen LogP contribution < -0.4 is 10.6 Å². The van der Waals surface area contributed by atoms with Crippen LogP contribution in [0.4, 0.5) is 4.79 Å². The van der Waals surface area contributed by atoms with E-state index in [0.717, 1.165) is 12.8 Å². The lowest BCUT2D eigenvalue weighted by Crippen LogP contribution is -2.52. The summed E-state index contributed by atoms with van der Waals surface area (Å²) in [4.78, 5) is 23.2. The van der Waals surface area contributed by atoms with Gasteiger partial charge in [0.2, 0.25) is 0 Å². The molecule has 6 heteroatoms. The molecule has 2 amide bonds. The van der Waals surface area contributed by atoms with Crippen LogP contribution in [0.1, 0.15) is 52.4 Å². The lowest BCUT2D eigenvalue weighted by atomic mass is 9.88. The van der Waals surface area contributed by atoms with Gasteiger partial charge in [-0.25, -0.2) is 9.59 Å². The summed E-state index contributed by atoms with van der Waals surface area (Å²) in [6.45, 7) is 4.36. The molecule has 1 unspecified atom stereocenters. The first kappa shape index (κ1) is 18.1. The van der Waals surface area contributed by atoms with Crippen molar-refractivity contribution in [2.75, 3.05) is 12.8 Å². The van der Waals surface area contributed by atoms with E-state index in [1.807, 2.05) is 25.6 Å². The number of carboxylic acids is 1. The Hall–Kier alpha value is -0.910. The average Bonchev–Trinajstić information content (AvgIpc) is 2.50. The number of carboxylic acid groups (broad SMARTS) is 1. The molecule has 0 saturated heterocycles. The smallest absolute Gasteiger partial charge is 0.326 e. The molecule has 1 saturated carbocycles. The third-order valence-corrected chi connectivity index (χ3v) is 5.95. The molecule has 1 aliphatic carbocycles. The number of nitrogens with one attached hydrogen (secondary N) is 2. The van der Waals surface area contributed by atoms with Crippen molar-refractivity contribution in [1.29, 1.82) is 0 Å². The minimum Gasteiger partial charge on any atom is -0.480 e. The summed E-state index contributed by atoms with van der Waals surface area (Å²) in [7, 11) is 0. The standard InChI is InChI=1S/C15H28N2O3S/c1-4-11(2)12(13(18)19)17-14(20)16-10-15(21-3)8-6-5-7-9-15/h11-12H,4-10H2,1-3H3,(H,18,19)(H2,16,17,20)/t11?,12-/m0/s1. The van der Waals surface area contributed by atoms with E-state index in [9.17, 15) is 14.7 Å². The third-order valence-electron chi connectivity index (χ3n) is 4.53. The van der Waals surface area contributed by atoms with E-state index < -0.39 is 12.0 Å². The van der Waals surface area contributed by atoms with Gasteiger partial charge in [0.1, 0.15) is 6.04 Å². The maximum absolute atomic E-state index is 12.0. The summed E-state index contributed by atoms with van der Waals surface area (Å²) in [5.41, 5.74) is 0. The van der Waals surface area contributed by atoms with Gasteiger partial charge >= 0.3 is 12.0 Å². The first-order valence-corrected chi connectivity index (χ1v) is 8.99. The second kappa shape index (κ2) is 8.51. The summed E-state index contributed by atoms with van der Waals surface area (Å²) in [5, 5.41) is 14.7. The van der Waals surface area contributed by atoms with Gasteiger partial charge in [-0.2, -0.15) is 11.8 Å². The quantitative estimate of drug-likeness (QED) is 0.675. The zero-order valence-corrected chi connectivity index (χ0v) is 14.1. The molecule has 0 aromatic carbocycles. The normalized spacial score (nSPS) is 20.3. The predicted molar refractivity (Wildman–Crippen MR) is 86.7 cm³/mol. The van der Waals surface area contributed by atoms with Gasteiger partial charge in [0.15, 0.2) is 0 Å². The molecule has 1 aliphatic rings. The van der Waals surface area contributed by atoms with E-state index in [4.69, 9.17) is 0 Å². The molecule has 1 rings (SSSR count). The maximum Gasteiger partial charge on any atom is 0.326 e. The van der Waals surface area contributed by atoms with Gasteiger partial charge in [-0.3, -0.25) is 0 Å². The minimum atomic E-state index is -0.975. The van der Waals surface area contributed by atoms with Crippen LogP contribution in [0.2, 0.25) is 0 Å². The maximum atomic E-state index is 12.0. The zero-order valence-electron chi connectivity index (χ0n) is 13.3. The molecule has 0 spiro atoms. The van der Waals surface area contributed by atoms with Crippen molar-refractivity contribution in [2.45, 2.75) is 63.2 Å². The fourth-order valence-electron chi connectivity index (χ4n) is 2.77. The summed E-state index contributed by atoms with van der Waals surface area (Å²) in [6.07, 6.45) is 8.70. The van der Waals surface area contributed by atoms with Crippen molar-refractivity contribution in [3.63, 3.8) is 0 Å². The summed E-state index contributed by atoms with van der Waals surface area (Å²) >= 11 is 1.81. The number of hydrogen-bond donors (Lipinski definition) is 3. The van der Waals surface area contributed by atoms with Gasteiger partial charge in [-0.15, -0.1) is 0 Å². The lowest BCUT2D eigenvalue weighted by molar-refractivity contribution is -0.140. The second-order valence-corrected chi connectivity index (χ2v) is 7.25. The number of thioether (sulfide) groups is 1. The van der Waals surface area contributed by atoms with Crippen LogP contribution in [-0.4, -0.2) is 40.7 Å². The van der Waals surface area contributed by atoms with Gasteiger partial charge < -0.3 is 15.7 Å². The molecule has 1 fully saturated rings. The number of carbonyl (C=O) groups excluding carboxylic acids is 1. The Morgan fingerprint density at radius 1 is 1.29 bits per heavy atom. The van der Waals surface area contributed by atoms with Crippen molar-refractivity contribution < 1.29 is 14.7 Å². The van der Waals surface area contributed by atoms with E-state index in [1.54, 1.807) is 0 Å². The number of urea groups is 1. The van der Waals surface area contributed by atoms with Crippen LogP contribution >= 0.6 is 11.8 Å². The largest absolute Gasteiger partial charge is 0.480 e. The Balaban J connectivity index is 2.50. The lowest BCUT2D eigenvalue weighted by Gasteiger charge is -2.36. The monoisotopic (exact) mass is 316 g/mol. The Morgan fingerprint density at radius 2 is 1.90 bits per heavy atom. The van der Waals surface area contributed by atoms with E-state index in [-0.39, 0.29) is 16.7 Å². The zero-order chi connectivity index (χ0) is 15.9. The molecule has 21 heavy (non-hydrogen) atoms. The molecule has 0 bridgehead atoms. The molecule has 0 heterocycles. The third kappa shape index (κ3) is 5.41. The minimum absolute atomic E-state index is 0.0857. The van der Waals surface area contributed by atoms with Crippen LogP contribution in [-0.2, 0) is 4.79 Å². The van der Waals surface area contributed by atoms with Crippen molar-refractivity contribution in [3.05, 3.63) is 0 Å². The van der Waals surface area contributed by atoms with Gasteiger partial charge in [-0.1, -0.05) is 39.5 Å². The molecule has 0 radical (unpaired) electrons. The van der Waals surface area contributed by atoms with Crippen molar-refractivity contribution in [3.8, 4) is 0 Å². The molecule has 122 valence electrons. The van der Waals surface area contributed by atoms with Crippen LogP contribution in [0.25, 0.3) is 0 Å². The van der Waals surface area contributed by atoms with Crippen molar-refractivity contribution in [1.82, 2.24) is 10.6 Å². The van der Waals surface area contributed by atoms with Crippen LogP contribution in [0.5, 0.6) is 0 Å². The highest BCUT2D eigenvalue weighted by Crippen LogP contribution is 2.37. The summed E-state index contributed by atoms with van der Waals surface area (Å²) < 4.78 is 0.116. The molecule has 5 nitrogen and oxygen atoms in total. The fraction of sp³-hybridized carbons (Fsp3) is 0.867. The highest BCUT2D eigenvalue weighted by Gasteiger charge is 2.32. The number of hydrogen-bond acceptors (Lipinski definition) is 3. The van der Waals surface area contributed by atoms with E-state index >= 15 is 0 Å². The summed E-state index contributed by atoms with van der Waals surface area (Å²) in [6, 6.07) is -1.20. The van der Waals surface area contributed by atoms with Crippen LogP contribution in [0.3, 0.4) is 0 Å². The first-order valence-electron chi connectivity index (χ1n) is 7.76. The SMILES string of the molecule is CCC(C)[C@H](NC(=O)NCC1(SC)CCCCC1)C(=O)O. The fourth-order valence-corrected chi connectivity index (χ4v) is 3.68. The number of amides is 2. The molecule has 0 aromatic heterocycles. The van der Waals surface area contributed by atoms with Gasteiger partial charge in [0.05, 0.1) is 0 Å². The van der Waals surface area contributed by atoms with E-state index in [0.29, 0.717) is 13.0 Å². The second-order valence-electron chi connectivity index (χ2n) is 5.98. The highest BCUT2D eigenvalue weighted by atomic mass is 32.2. The van der Waals surface area contributed by atoms with Gasteiger partial charge in [-0.05, 0) is 25.0 Å². The Labute approximate surface area is 131 Å². The predicted octanol–water partition coefficient (Wildman–Crippen LogP) is 2.85. The van der Waals surface area contributed by atoms with Crippen molar-refractivity contribution in [2.24, 2.45) is 5.92 Å². The van der Waals surface area contributed by atoms with Gasteiger partial charge in [0.25, 0.3) is 0 Å². The Morgan fingerprint density at radius 3 is 2.38 bits per heavy atom. The molecule has 3 N–H and O–H groups in total. The Kier molecular flexibility index (Phi) is 7.35. The molecule has 2 atom stereocenters. The summed E-state index contributed by atoms with van der Waals surface area (Å²) in [5.74, 6) is -1.06. The molecular weight excluding hydrogens is 288 g/mol. The topological polar surface area (TPSA) is 78.4 Å². The van der Waals surface area contributed by atoms with E-state index in [1.165, 1.54) is 19.3 Å². The average molecular weight is 316 g/mol. The number of rotatable bonds is 7. The number of carbonyl (C=O) groups is 2. The number of aliphatic carboxylic acids is 1. The molecular formula is C15H28N2O3S.